The highest BCUT2D eigenvalue weighted by Gasteiger charge is 2.03. The van der Waals surface area contributed by atoms with Gasteiger partial charge in [-0.1, -0.05) is 24.3 Å². The largest absolute Gasteiger partial charge is 0.310 e. The van der Waals surface area contributed by atoms with E-state index in [1.54, 1.807) is 12.4 Å². The van der Waals surface area contributed by atoms with Crippen molar-refractivity contribution in [2.75, 3.05) is 5.32 Å². The van der Waals surface area contributed by atoms with Gasteiger partial charge in [0.1, 0.15) is 0 Å². The Balaban J connectivity index is 1.88. The molecule has 2 aromatic rings. The molecule has 0 saturated carbocycles. The molecule has 7 heteroatoms. The molecule has 120 valence electrons. The number of hydrogen-bond acceptors (Lipinski definition) is 5. The lowest BCUT2D eigenvalue weighted by atomic mass is 10.0. The third-order valence-electron chi connectivity index (χ3n) is 3.23. The summed E-state index contributed by atoms with van der Waals surface area (Å²) >= 11 is 0. The molecule has 2 amide bonds. The second-order valence-corrected chi connectivity index (χ2v) is 5.13. The zero-order valence-corrected chi connectivity index (χ0v) is 12.9. The highest BCUT2D eigenvalue weighted by Crippen LogP contribution is 2.09. The maximum absolute atomic E-state index is 11.2. The van der Waals surface area contributed by atoms with E-state index in [-0.39, 0.29) is 18.2 Å². The number of carbonyl (C=O) groups excluding carboxylic acids is 2. The summed E-state index contributed by atoms with van der Waals surface area (Å²) < 4.78 is 0. The van der Waals surface area contributed by atoms with Crippen molar-refractivity contribution >= 4 is 17.6 Å². The smallest absolute Gasteiger partial charge is 0.238 e. The van der Waals surface area contributed by atoms with Crippen LogP contribution < -0.4 is 16.6 Å². The van der Waals surface area contributed by atoms with E-state index >= 15 is 0 Å². The van der Waals surface area contributed by atoms with Gasteiger partial charge in [0.25, 0.3) is 0 Å². The molecule has 0 atom stereocenters. The van der Waals surface area contributed by atoms with Crippen LogP contribution in [0.15, 0.2) is 36.7 Å². The second kappa shape index (κ2) is 8.00. The van der Waals surface area contributed by atoms with Crippen molar-refractivity contribution < 1.29 is 9.59 Å². The Morgan fingerprint density at radius 2 is 1.74 bits per heavy atom. The highest BCUT2D eigenvalue weighted by atomic mass is 16.2. The molecule has 2 rings (SSSR count). The maximum Gasteiger partial charge on any atom is 0.238 e. The molecule has 7 nitrogen and oxygen atoms in total. The monoisotopic (exact) mass is 313 g/mol. The molecule has 1 aromatic carbocycles. The van der Waals surface area contributed by atoms with Crippen LogP contribution in [-0.4, -0.2) is 21.8 Å². The van der Waals surface area contributed by atoms with E-state index in [0.29, 0.717) is 5.82 Å². The SMILES string of the molecule is CC(=O)Nc1cnc(CCc2ccc(CC(=O)NN)cc2)cn1. The minimum atomic E-state index is -0.215. The van der Waals surface area contributed by atoms with Gasteiger partial charge >= 0.3 is 0 Å². The molecule has 1 heterocycles. The number of carbonyl (C=O) groups is 2. The summed E-state index contributed by atoms with van der Waals surface area (Å²) in [4.78, 5) is 30.5. The standard InChI is InChI=1S/C16H19N5O2/c1-11(22)20-15-10-18-14(9-19-15)7-6-12-2-4-13(5-3-12)8-16(23)21-17/h2-5,9-10H,6-8,17H2,1H3,(H,21,23)(H,19,20,22). The summed E-state index contributed by atoms with van der Waals surface area (Å²) in [6.07, 6.45) is 5.04. The van der Waals surface area contributed by atoms with Crippen LogP contribution in [0.1, 0.15) is 23.7 Å². The van der Waals surface area contributed by atoms with Gasteiger partial charge in [0.15, 0.2) is 5.82 Å². The van der Waals surface area contributed by atoms with Crippen LogP contribution >= 0.6 is 0 Å². The Bertz CT molecular complexity index is 668. The van der Waals surface area contributed by atoms with Crippen LogP contribution in [0.4, 0.5) is 5.82 Å². The van der Waals surface area contributed by atoms with Gasteiger partial charge in [-0.25, -0.2) is 10.8 Å². The van der Waals surface area contributed by atoms with Gasteiger partial charge in [-0.3, -0.25) is 20.0 Å². The minimum Gasteiger partial charge on any atom is -0.310 e. The quantitative estimate of drug-likeness (QED) is 0.414. The lowest BCUT2D eigenvalue weighted by molar-refractivity contribution is -0.120. The Labute approximate surface area is 134 Å². The van der Waals surface area contributed by atoms with E-state index in [2.05, 4.69) is 20.7 Å². The summed E-state index contributed by atoms with van der Waals surface area (Å²) in [6.45, 7) is 1.43. The number of nitrogens with zero attached hydrogens (tertiary/aromatic N) is 2. The summed E-state index contributed by atoms with van der Waals surface area (Å²) in [7, 11) is 0. The predicted octanol–water partition coefficient (Wildman–Crippen LogP) is 0.753. The van der Waals surface area contributed by atoms with Crippen LogP contribution in [-0.2, 0) is 28.9 Å². The van der Waals surface area contributed by atoms with Crippen LogP contribution in [0.2, 0.25) is 0 Å². The summed E-state index contributed by atoms with van der Waals surface area (Å²) in [5, 5.41) is 2.58. The number of aromatic nitrogens is 2. The predicted molar refractivity (Wildman–Crippen MR) is 86.2 cm³/mol. The first kappa shape index (κ1) is 16.6. The van der Waals surface area contributed by atoms with Gasteiger partial charge in [0.05, 0.1) is 24.5 Å². The number of nitrogens with one attached hydrogen (secondary N) is 2. The van der Waals surface area contributed by atoms with Crippen molar-refractivity contribution in [2.24, 2.45) is 5.84 Å². The topological polar surface area (TPSA) is 110 Å². The van der Waals surface area contributed by atoms with E-state index in [0.717, 1.165) is 29.7 Å². The van der Waals surface area contributed by atoms with Crippen molar-refractivity contribution in [3.63, 3.8) is 0 Å². The van der Waals surface area contributed by atoms with Gasteiger partial charge in [0.2, 0.25) is 11.8 Å². The highest BCUT2D eigenvalue weighted by molar-refractivity contribution is 5.87. The average molecular weight is 313 g/mol. The molecular formula is C16H19N5O2. The van der Waals surface area contributed by atoms with E-state index in [1.165, 1.54) is 6.92 Å². The van der Waals surface area contributed by atoms with Crippen LogP contribution in [0.25, 0.3) is 0 Å². The first-order valence-electron chi connectivity index (χ1n) is 7.22. The number of hydrazine groups is 1. The van der Waals surface area contributed by atoms with Crippen LogP contribution in [0, 0.1) is 0 Å². The summed E-state index contributed by atoms with van der Waals surface area (Å²) in [6, 6.07) is 7.79. The number of anilines is 1. The Kier molecular flexibility index (Phi) is 5.76. The Morgan fingerprint density at radius 3 is 2.30 bits per heavy atom. The Morgan fingerprint density at radius 1 is 1.04 bits per heavy atom. The molecule has 0 aliphatic heterocycles. The maximum atomic E-state index is 11.2. The number of nitrogens with two attached hydrogens (primary N) is 1. The van der Waals surface area contributed by atoms with Crippen LogP contribution in [0.5, 0.6) is 0 Å². The van der Waals surface area contributed by atoms with E-state index in [1.807, 2.05) is 24.3 Å². The molecular weight excluding hydrogens is 294 g/mol. The van der Waals surface area contributed by atoms with E-state index < -0.39 is 0 Å². The molecule has 0 saturated heterocycles. The van der Waals surface area contributed by atoms with Crippen molar-refractivity contribution in [2.45, 2.75) is 26.2 Å². The zero-order valence-electron chi connectivity index (χ0n) is 12.9. The lowest BCUT2D eigenvalue weighted by Gasteiger charge is -2.05. The Hall–Kier alpha value is -2.80. The molecule has 23 heavy (non-hydrogen) atoms. The first-order valence-corrected chi connectivity index (χ1v) is 7.22. The molecule has 0 radical (unpaired) electrons. The number of rotatable bonds is 6. The molecule has 0 aliphatic rings. The number of aryl methyl sites for hydroxylation is 2. The number of amides is 2. The molecule has 0 fully saturated rings. The fraction of sp³-hybridized carbons (Fsp3) is 0.250. The second-order valence-electron chi connectivity index (χ2n) is 5.13. The van der Waals surface area contributed by atoms with Gasteiger partial charge in [0, 0.05) is 6.92 Å². The van der Waals surface area contributed by atoms with Gasteiger partial charge < -0.3 is 5.32 Å². The lowest BCUT2D eigenvalue weighted by Crippen LogP contribution is -2.31. The fourth-order valence-corrected chi connectivity index (χ4v) is 2.06. The van der Waals surface area contributed by atoms with Crippen LogP contribution in [0.3, 0.4) is 0 Å². The molecule has 4 N–H and O–H groups in total. The van der Waals surface area contributed by atoms with Crippen molar-refractivity contribution in [3.05, 3.63) is 53.5 Å². The molecule has 0 spiro atoms. The van der Waals surface area contributed by atoms with Gasteiger partial charge in [-0.05, 0) is 24.0 Å². The summed E-state index contributed by atoms with van der Waals surface area (Å²) in [5.74, 6) is 5.13. The minimum absolute atomic E-state index is 0.171. The third kappa shape index (κ3) is 5.48. The molecule has 0 bridgehead atoms. The molecule has 0 unspecified atom stereocenters. The van der Waals surface area contributed by atoms with Gasteiger partial charge in [-0.15, -0.1) is 0 Å². The number of benzene rings is 1. The summed E-state index contributed by atoms with van der Waals surface area (Å²) in [5.41, 5.74) is 5.02. The van der Waals surface area contributed by atoms with E-state index in [9.17, 15) is 9.59 Å². The molecule has 1 aromatic heterocycles. The van der Waals surface area contributed by atoms with Crippen molar-refractivity contribution in [1.82, 2.24) is 15.4 Å². The molecule has 0 aliphatic carbocycles. The normalized spacial score (nSPS) is 10.2. The first-order chi connectivity index (χ1) is 11.1. The van der Waals surface area contributed by atoms with Crippen molar-refractivity contribution in [3.8, 4) is 0 Å². The van der Waals surface area contributed by atoms with E-state index in [4.69, 9.17) is 5.84 Å². The third-order valence-corrected chi connectivity index (χ3v) is 3.23. The zero-order chi connectivity index (χ0) is 16.7. The van der Waals surface area contributed by atoms with Gasteiger partial charge in [-0.2, -0.15) is 0 Å². The van der Waals surface area contributed by atoms with Crippen molar-refractivity contribution in [1.29, 1.82) is 0 Å². The fourth-order valence-electron chi connectivity index (χ4n) is 2.06. The average Bonchev–Trinajstić information content (AvgIpc) is 2.55. The number of hydrogen-bond donors (Lipinski definition) is 3.